The molecule has 1 unspecified atom stereocenters. The molecule has 0 saturated carbocycles. The van der Waals surface area contributed by atoms with Crippen LogP contribution >= 0.6 is 11.6 Å². The van der Waals surface area contributed by atoms with Crippen LogP contribution in [0.25, 0.3) is 0 Å². The summed E-state index contributed by atoms with van der Waals surface area (Å²) in [6.07, 6.45) is -0.148. The summed E-state index contributed by atoms with van der Waals surface area (Å²) in [4.78, 5) is 11.7. The molecule has 1 amide bonds. The van der Waals surface area contributed by atoms with Crippen LogP contribution in [0.4, 0.5) is 0 Å². The topological polar surface area (TPSA) is 98.5 Å². The summed E-state index contributed by atoms with van der Waals surface area (Å²) < 4.78 is 27.9. The quantitative estimate of drug-likeness (QED) is 0.847. The van der Waals surface area contributed by atoms with Crippen LogP contribution in [0.15, 0.2) is 17.0 Å². The summed E-state index contributed by atoms with van der Waals surface area (Å²) in [5.41, 5.74) is 0.641. The van der Waals surface area contributed by atoms with Crippen LogP contribution < -0.4 is 10.5 Å². The van der Waals surface area contributed by atoms with E-state index in [1.165, 1.54) is 13.2 Å². The van der Waals surface area contributed by atoms with Crippen LogP contribution in [0.3, 0.4) is 0 Å². The van der Waals surface area contributed by atoms with Crippen molar-refractivity contribution in [3.63, 3.8) is 0 Å². The second kappa shape index (κ2) is 6.53. The normalized spacial score (nSPS) is 13.1. The highest BCUT2D eigenvalue weighted by molar-refractivity contribution is 7.89. The van der Waals surface area contributed by atoms with Crippen LogP contribution in [-0.2, 0) is 14.8 Å². The van der Waals surface area contributed by atoms with E-state index in [1.54, 1.807) is 13.8 Å². The summed E-state index contributed by atoms with van der Waals surface area (Å²) in [5.74, 6) is -0.418. The Morgan fingerprint density at radius 1 is 1.50 bits per heavy atom. The Bertz CT molecular complexity index is 616. The molecule has 0 bridgehead atoms. The molecule has 112 valence electrons. The predicted molar refractivity (Wildman–Crippen MR) is 76.4 cm³/mol. The minimum Gasteiger partial charge on any atom is -0.380 e. The number of hydrogen-bond donors (Lipinski definition) is 2. The van der Waals surface area contributed by atoms with E-state index in [1.807, 2.05) is 0 Å². The standard InChI is InChI=1S/C12H17ClN2O4S/c1-7-4-9(12(16)15-6-8(2)19-3)5-10(11(7)13)20(14,17)18/h4-5,8H,6H2,1-3H3,(H,15,16)(H2,14,17,18). The van der Waals surface area contributed by atoms with Crippen molar-refractivity contribution in [2.45, 2.75) is 24.8 Å². The van der Waals surface area contributed by atoms with Gasteiger partial charge in [0.1, 0.15) is 4.90 Å². The van der Waals surface area contributed by atoms with Gasteiger partial charge in [-0.15, -0.1) is 0 Å². The number of hydrogen-bond acceptors (Lipinski definition) is 4. The lowest BCUT2D eigenvalue weighted by atomic mass is 10.1. The molecule has 0 aliphatic rings. The number of ether oxygens (including phenoxy) is 1. The van der Waals surface area contributed by atoms with Gasteiger partial charge in [0.05, 0.1) is 11.1 Å². The Morgan fingerprint density at radius 3 is 2.60 bits per heavy atom. The van der Waals surface area contributed by atoms with E-state index in [0.717, 1.165) is 6.07 Å². The van der Waals surface area contributed by atoms with Gasteiger partial charge in [0.15, 0.2) is 0 Å². The number of methoxy groups -OCH3 is 1. The number of nitrogens with two attached hydrogens (primary N) is 1. The molecule has 8 heteroatoms. The molecule has 1 atom stereocenters. The number of benzene rings is 1. The molecular formula is C12H17ClN2O4S. The second-order valence-corrected chi connectivity index (χ2v) is 6.31. The molecule has 20 heavy (non-hydrogen) atoms. The first-order valence-electron chi connectivity index (χ1n) is 5.80. The largest absolute Gasteiger partial charge is 0.380 e. The third-order valence-corrected chi connectivity index (χ3v) is 4.29. The lowest BCUT2D eigenvalue weighted by Gasteiger charge is -2.12. The van der Waals surface area contributed by atoms with E-state index in [4.69, 9.17) is 21.5 Å². The minimum atomic E-state index is -3.98. The molecule has 0 aromatic heterocycles. The second-order valence-electron chi connectivity index (χ2n) is 4.41. The summed E-state index contributed by atoms with van der Waals surface area (Å²) in [6, 6.07) is 2.67. The highest BCUT2D eigenvalue weighted by atomic mass is 35.5. The number of aryl methyl sites for hydroxylation is 1. The Hall–Kier alpha value is -1.15. The Balaban J connectivity index is 3.09. The fourth-order valence-corrected chi connectivity index (χ4v) is 2.63. The van der Waals surface area contributed by atoms with Gasteiger partial charge in [-0.05, 0) is 31.5 Å². The van der Waals surface area contributed by atoms with Crippen molar-refractivity contribution in [3.8, 4) is 0 Å². The first-order valence-corrected chi connectivity index (χ1v) is 7.73. The highest BCUT2D eigenvalue weighted by Gasteiger charge is 2.18. The van der Waals surface area contributed by atoms with E-state index in [0.29, 0.717) is 12.1 Å². The van der Waals surface area contributed by atoms with E-state index in [-0.39, 0.29) is 21.6 Å². The van der Waals surface area contributed by atoms with E-state index in [2.05, 4.69) is 5.32 Å². The molecule has 6 nitrogen and oxygen atoms in total. The molecule has 0 radical (unpaired) electrons. The third kappa shape index (κ3) is 4.17. The van der Waals surface area contributed by atoms with Crippen molar-refractivity contribution in [1.82, 2.24) is 5.32 Å². The van der Waals surface area contributed by atoms with E-state index < -0.39 is 15.9 Å². The average molecular weight is 321 g/mol. The number of nitrogens with one attached hydrogen (secondary N) is 1. The summed E-state index contributed by atoms with van der Waals surface area (Å²) in [7, 11) is -2.45. The van der Waals surface area contributed by atoms with Crippen LogP contribution in [0, 0.1) is 6.92 Å². The third-order valence-electron chi connectivity index (χ3n) is 2.74. The monoisotopic (exact) mass is 320 g/mol. The Labute approximate surface area is 123 Å². The van der Waals surface area contributed by atoms with Crippen molar-refractivity contribution < 1.29 is 17.9 Å². The van der Waals surface area contributed by atoms with Crippen LogP contribution in [0.5, 0.6) is 0 Å². The maximum absolute atomic E-state index is 12.0. The predicted octanol–water partition coefficient (Wildman–Crippen LogP) is 1.06. The van der Waals surface area contributed by atoms with Crippen molar-refractivity contribution in [2.24, 2.45) is 5.14 Å². The Kier molecular flexibility index (Phi) is 5.52. The van der Waals surface area contributed by atoms with Gasteiger partial charge in [0.2, 0.25) is 10.0 Å². The van der Waals surface area contributed by atoms with Crippen molar-refractivity contribution in [1.29, 1.82) is 0 Å². The first kappa shape index (κ1) is 16.9. The lowest BCUT2D eigenvalue weighted by Crippen LogP contribution is -2.31. The molecule has 0 fully saturated rings. The molecule has 0 aliphatic carbocycles. The lowest BCUT2D eigenvalue weighted by molar-refractivity contribution is 0.0870. The molecule has 0 spiro atoms. The minimum absolute atomic E-state index is 0.0225. The SMILES string of the molecule is COC(C)CNC(=O)c1cc(C)c(Cl)c(S(N)(=O)=O)c1. The number of sulfonamides is 1. The van der Waals surface area contributed by atoms with Gasteiger partial charge < -0.3 is 10.1 Å². The number of primary sulfonamides is 1. The zero-order valence-electron chi connectivity index (χ0n) is 11.4. The van der Waals surface area contributed by atoms with Crippen LogP contribution in [-0.4, -0.2) is 34.1 Å². The van der Waals surface area contributed by atoms with Crippen molar-refractivity contribution >= 4 is 27.5 Å². The van der Waals surface area contributed by atoms with Gasteiger partial charge in [-0.25, -0.2) is 13.6 Å². The molecule has 0 heterocycles. The maximum Gasteiger partial charge on any atom is 0.251 e. The maximum atomic E-state index is 12.0. The summed E-state index contributed by atoms with van der Waals surface area (Å²) in [5, 5.41) is 7.73. The molecule has 1 rings (SSSR count). The smallest absolute Gasteiger partial charge is 0.251 e. The van der Waals surface area contributed by atoms with Gasteiger partial charge in [-0.1, -0.05) is 11.6 Å². The van der Waals surface area contributed by atoms with Crippen LogP contribution in [0.1, 0.15) is 22.8 Å². The van der Waals surface area contributed by atoms with Gasteiger partial charge >= 0.3 is 0 Å². The number of rotatable bonds is 5. The number of carbonyl (C=O) groups is 1. The zero-order valence-corrected chi connectivity index (χ0v) is 13.0. The first-order chi connectivity index (χ1) is 9.16. The average Bonchev–Trinajstić information content (AvgIpc) is 2.36. The Morgan fingerprint density at radius 2 is 2.10 bits per heavy atom. The van der Waals surface area contributed by atoms with Crippen molar-refractivity contribution in [3.05, 3.63) is 28.3 Å². The molecular weight excluding hydrogens is 304 g/mol. The van der Waals surface area contributed by atoms with Gasteiger partial charge in [0.25, 0.3) is 5.91 Å². The zero-order chi connectivity index (χ0) is 15.5. The van der Waals surface area contributed by atoms with Gasteiger partial charge in [0, 0.05) is 19.2 Å². The molecule has 0 aliphatic heterocycles. The number of amides is 1. The summed E-state index contributed by atoms with van der Waals surface area (Å²) >= 11 is 5.89. The van der Waals surface area contributed by atoms with Crippen LogP contribution in [0.2, 0.25) is 5.02 Å². The van der Waals surface area contributed by atoms with E-state index in [9.17, 15) is 13.2 Å². The molecule has 1 aromatic carbocycles. The molecule has 0 saturated heterocycles. The van der Waals surface area contributed by atoms with E-state index >= 15 is 0 Å². The van der Waals surface area contributed by atoms with Gasteiger partial charge in [-0.3, -0.25) is 4.79 Å². The molecule has 1 aromatic rings. The number of halogens is 1. The number of carbonyl (C=O) groups excluding carboxylic acids is 1. The fraction of sp³-hybridized carbons (Fsp3) is 0.417. The van der Waals surface area contributed by atoms with Crippen molar-refractivity contribution in [2.75, 3.05) is 13.7 Å². The molecule has 3 N–H and O–H groups in total. The highest BCUT2D eigenvalue weighted by Crippen LogP contribution is 2.25. The van der Waals surface area contributed by atoms with Gasteiger partial charge in [-0.2, -0.15) is 0 Å². The summed E-state index contributed by atoms with van der Waals surface area (Å²) in [6.45, 7) is 3.70. The fourth-order valence-electron chi connectivity index (χ4n) is 1.50.